The van der Waals surface area contributed by atoms with Gasteiger partial charge in [0.1, 0.15) is 6.04 Å². The maximum Gasteiger partial charge on any atom is 0.242 e. The number of likely N-dealkylation sites (N-methyl/N-ethyl adjacent to an activating group) is 1. The maximum atomic E-state index is 13.0. The summed E-state index contributed by atoms with van der Waals surface area (Å²) in [6.07, 6.45) is 1.05. The zero-order chi connectivity index (χ0) is 22.1. The van der Waals surface area contributed by atoms with E-state index in [1.165, 1.54) is 0 Å². The smallest absolute Gasteiger partial charge is 0.242 e. The van der Waals surface area contributed by atoms with Crippen LogP contribution in [0, 0.1) is 0 Å². The highest BCUT2D eigenvalue weighted by molar-refractivity contribution is 7.99. The van der Waals surface area contributed by atoms with Gasteiger partial charge in [0.25, 0.3) is 0 Å². The predicted octanol–water partition coefficient (Wildman–Crippen LogP) is 6.07. The minimum absolute atomic E-state index is 0.0727. The Morgan fingerprint density at radius 1 is 1.07 bits per heavy atom. The van der Waals surface area contributed by atoms with E-state index in [2.05, 4.69) is 5.32 Å². The van der Waals surface area contributed by atoms with Crippen molar-refractivity contribution in [2.75, 3.05) is 12.3 Å². The van der Waals surface area contributed by atoms with Crippen LogP contribution in [-0.2, 0) is 16.1 Å². The highest BCUT2D eigenvalue weighted by Gasteiger charge is 2.25. The van der Waals surface area contributed by atoms with Crippen LogP contribution in [0.3, 0.4) is 0 Å². The van der Waals surface area contributed by atoms with Gasteiger partial charge < -0.3 is 10.2 Å². The summed E-state index contributed by atoms with van der Waals surface area (Å²) in [6.45, 7) is 4.39. The molecule has 8 heteroatoms. The van der Waals surface area contributed by atoms with Crippen LogP contribution in [0.15, 0.2) is 47.4 Å². The zero-order valence-corrected chi connectivity index (χ0v) is 20.0. The molecule has 0 heterocycles. The summed E-state index contributed by atoms with van der Waals surface area (Å²) in [7, 11) is 0. The highest BCUT2D eigenvalue weighted by atomic mass is 35.5. The molecule has 2 amide bonds. The second-order valence-corrected chi connectivity index (χ2v) is 9.17. The van der Waals surface area contributed by atoms with Gasteiger partial charge in [0.15, 0.2) is 0 Å². The van der Waals surface area contributed by atoms with Gasteiger partial charge in [0.05, 0.1) is 10.0 Å². The van der Waals surface area contributed by atoms with Gasteiger partial charge in [-0.3, -0.25) is 9.59 Å². The molecule has 2 aromatic rings. The molecule has 4 nitrogen and oxygen atoms in total. The fourth-order valence-electron chi connectivity index (χ4n) is 2.83. The third-order valence-corrected chi connectivity index (χ3v) is 6.56. The summed E-state index contributed by atoms with van der Waals surface area (Å²) in [5, 5.41) is 4.36. The van der Waals surface area contributed by atoms with E-state index in [0.29, 0.717) is 41.0 Å². The fourth-order valence-corrected chi connectivity index (χ4v) is 4.13. The lowest BCUT2D eigenvalue weighted by Gasteiger charge is -2.29. The Balaban J connectivity index is 2.00. The average molecular weight is 488 g/mol. The lowest BCUT2D eigenvalue weighted by Crippen LogP contribution is -2.47. The van der Waals surface area contributed by atoms with Crippen LogP contribution in [0.4, 0.5) is 0 Å². The van der Waals surface area contributed by atoms with E-state index in [9.17, 15) is 9.59 Å². The average Bonchev–Trinajstić information content (AvgIpc) is 2.72. The molecule has 2 rings (SSSR count). The lowest BCUT2D eigenvalue weighted by molar-refractivity contribution is -0.140. The number of thioether (sulfide) groups is 1. The Labute approximate surface area is 197 Å². The van der Waals surface area contributed by atoms with Gasteiger partial charge in [0.2, 0.25) is 11.8 Å². The summed E-state index contributed by atoms with van der Waals surface area (Å²) >= 11 is 19.7. The van der Waals surface area contributed by atoms with Gasteiger partial charge >= 0.3 is 0 Å². The quantitative estimate of drug-likeness (QED) is 0.327. The van der Waals surface area contributed by atoms with Crippen molar-refractivity contribution in [1.82, 2.24) is 10.2 Å². The van der Waals surface area contributed by atoms with Crippen molar-refractivity contribution in [1.29, 1.82) is 0 Å². The van der Waals surface area contributed by atoms with Crippen LogP contribution in [0.2, 0.25) is 15.1 Å². The number of hydrogen-bond acceptors (Lipinski definition) is 3. The van der Waals surface area contributed by atoms with Gasteiger partial charge in [0, 0.05) is 29.4 Å². The number of nitrogens with one attached hydrogen (secondary N) is 1. The first kappa shape index (κ1) is 24.9. The standard InChI is InChI=1S/C22H25Cl3N2O2S/c1-3-26-22(29)15(2)27(14-16-6-11-19(24)20(25)13-16)21(28)5-4-12-30-18-9-7-17(23)8-10-18/h6-11,13,15H,3-5,12,14H2,1-2H3,(H,26,29)/t15-/m0/s1. The number of hydrogen-bond donors (Lipinski definition) is 1. The first-order valence-corrected chi connectivity index (χ1v) is 11.8. The molecule has 0 aliphatic heterocycles. The molecular formula is C22H25Cl3N2O2S. The molecule has 0 aliphatic carbocycles. The van der Waals surface area contributed by atoms with Gasteiger partial charge in [-0.15, -0.1) is 11.8 Å². The van der Waals surface area contributed by atoms with Crippen molar-refractivity contribution in [3.63, 3.8) is 0 Å². The van der Waals surface area contributed by atoms with Crippen LogP contribution in [0.25, 0.3) is 0 Å². The normalized spacial score (nSPS) is 11.8. The Morgan fingerprint density at radius 2 is 1.77 bits per heavy atom. The number of carbonyl (C=O) groups excluding carboxylic acids is 2. The van der Waals surface area contributed by atoms with Gasteiger partial charge in [-0.05, 0) is 68.0 Å². The van der Waals surface area contributed by atoms with E-state index in [1.54, 1.807) is 35.7 Å². The van der Waals surface area contributed by atoms with Crippen molar-refractivity contribution in [3.8, 4) is 0 Å². The zero-order valence-electron chi connectivity index (χ0n) is 17.0. The Kier molecular flexibility index (Phi) is 10.3. The van der Waals surface area contributed by atoms with Crippen molar-refractivity contribution < 1.29 is 9.59 Å². The molecule has 1 N–H and O–H groups in total. The molecule has 0 spiro atoms. The van der Waals surface area contributed by atoms with Crippen LogP contribution < -0.4 is 5.32 Å². The number of rotatable bonds is 10. The summed E-state index contributed by atoms with van der Waals surface area (Å²) in [5.41, 5.74) is 0.824. The minimum Gasteiger partial charge on any atom is -0.355 e. The number of carbonyl (C=O) groups is 2. The molecule has 1 atom stereocenters. The third-order valence-electron chi connectivity index (χ3n) is 4.47. The van der Waals surface area contributed by atoms with Gasteiger partial charge in [-0.2, -0.15) is 0 Å². The maximum absolute atomic E-state index is 13.0. The summed E-state index contributed by atoms with van der Waals surface area (Å²) in [5.74, 6) is 0.543. The molecule has 162 valence electrons. The molecule has 0 unspecified atom stereocenters. The molecule has 0 fully saturated rings. The first-order chi connectivity index (χ1) is 14.3. The van der Waals surface area contributed by atoms with Crippen LogP contribution in [0.1, 0.15) is 32.3 Å². The van der Waals surface area contributed by atoms with Crippen LogP contribution >= 0.6 is 46.6 Å². The van der Waals surface area contributed by atoms with Gasteiger partial charge in [-0.25, -0.2) is 0 Å². The van der Waals surface area contributed by atoms with Crippen molar-refractivity contribution in [3.05, 3.63) is 63.1 Å². The predicted molar refractivity (Wildman–Crippen MR) is 127 cm³/mol. The van der Waals surface area contributed by atoms with Crippen molar-refractivity contribution >= 4 is 58.4 Å². The number of halogens is 3. The van der Waals surface area contributed by atoms with E-state index in [0.717, 1.165) is 16.2 Å². The Hall–Kier alpha value is -1.40. The molecule has 0 bridgehead atoms. The van der Waals surface area contributed by atoms with E-state index in [1.807, 2.05) is 37.3 Å². The Bertz CT molecular complexity index is 862. The van der Waals surface area contributed by atoms with Crippen LogP contribution in [-0.4, -0.2) is 35.1 Å². The summed E-state index contributed by atoms with van der Waals surface area (Å²) in [4.78, 5) is 28.0. The minimum atomic E-state index is -0.587. The molecule has 0 aromatic heterocycles. The lowest BCUT2D eigenvalue weighted by atomic mass is 10.1. The second kappa shape index (κ2) is 12.5. The third kappa shape index (κ3) is 7.69. The summed E-state index contributed by atoms with van der Waals surface area (Å²) < 4.78 is 0. The first-order valence-electron chi connectivity index (χ1n) is 9.71. The van der Waals surface area contributed by atoms with Crippen LogP contribution in [0.5, 0.6) is 0 Å². The molecule has 0 saturated carbocycles. The Morgan fingerprint density at radius 3 is 2.40 bits per heavy atom. The van der Waals surface area contributed by atoms with E-state index < -0.39 is 6.04 Å². The molecule has 0 radical (unpaired) electrons. The van der Waals surface area contributed by atoms with E-state index in [-0.39, 0.29) is 11.8 Å². The number of nitrogens with zero attached hydrogens (tertiary/aromatic N) is 1. The molecule has 0 saturated heterocycles. The SMILES string of the molecule is CCNC(=O)[C@H](C)N(Cc1ccc(Cl)c(Cl)c1)C(=O)CCCSc1ccc(Cl)cc1. The molecule has 2 aromatic carbocycles. The molecular weight excluding hydrogens is 463 g/mol. The van der Waals surface area contributed by atoms with Crippen molar-refractivity contribution in [2.24, 2.45) is 0 Å². The van der Waals surface area contributed by atoms with E-state index in [4.69, 9.17) is 34.8 Å². The summed E-state index contributed by atoms with van der Waals surface area (Å²) in [6, 6.07) is 12.3. The topological polar surface area (TPSA) is 49.4 Å². The molecule has 30 heavy (non-hydrogen) atoms. The van der Waals surface area contributed by atoms with Gasteiger partial charge in [-0.1, -0.05) is 40.9 Å². The van der Waals surface area contributed by atoms with E-state index >= 15 is 0 Å². The monoisotopic (exact) mass is 486 g/mol. The number of amides is 2. The second-order valence-electron chi connectivity index (χ2n) is 6.75. The van der Waals surface area contributed by atoms with Crippen molar-refractivity contribution in [2.45, 2.75) is 44.2 Å². The fraction of sp³-hybridized carbons (Fsp3) is 0.364. The highest BCUT2D eigenvalue weighted by Crippen LogP contribution is 2.25. The molecule has 0 aliphatic rings. The number of benzene rings is 2. The largest absolute Gasteiger partial charge is 0.355 e.